The molecule has 0 radical (unpaired) electrons. The molecule has 2 aliphatic rings. The first-order valence-electron chi connectivity index (χ1n) is 7.26. The molecule has 5 heteroatoms. The zero-order chi connectivity index (χ0) is 13.7. The lowest BCUT2D eigenvalue weighted by molar-refractivity contribution is -0.137. The van der Waals surface area contributed by atoms with Crippen LogP contribution in [0.25, 0.3) is 0 Å². The van der Waals surface area contributed by atoms with Crippen LogP contribution in [0.1, 0.15) is 44.9 Å². The fourth-order valence-electron chi connectivity index (χ4n) is 2.98. The normalized spacial score (nSPS) is 27.5. The minimum Gasteiger partial charge on any atom is -0.481 e. The molecular formula is C14H23NO4. The van der Waals surface area contributed by atoms with Crippen molar-refractivity contribution in [3.63, 3.8) is 0 Å². The van der Waals surface area contributed by atoms with Gasteiger partial charge in [-0.25, -0.2) is 0 Å². The Hall–Kier alpha value is -1.10. The van der Waals surface area contributed by atoms with Gasteiger partial charge in [-0.1, -0.05) is 0 Å². The lowest BCUT2D eigenvalue weighted by atomic mass is 9.93. The zero-order valence-corrected chi connectivity index (χ0v) is 11.3. The quantitative estimate of drug-likeness (QED) is 0.824. The van der Waals surface area contributed by atoms with Crippen molar-refractivity contribution in [3.05, 3.63) is 0 Å². The highest BCUT2D eigenvalue weighted by Crippen LogP contribution is 2.23. The Bertz CT molecular complexity index is 325. The van der Waals surface area contributed by atoms with E-state index < -0.39 is 5.97 Å². The number of carboxylic acid groups (broad SMARTS) is 1. The number of hydrogen-bond acceptors (Lipinski definition) is 3. The van der Waals surface area contributed by atoms with Gasteiger partial charge in [0, 0.05) is 26.1 Å². The van der Waals surface area contributed by atoms with E-state index in [1.165, 1.54) is 0 Å². The van der Waals surface area contributed by atoms with Gasteiger partial charge in [0.15, 0.2) is 0 Å². The number of nitrogens with zero attached hydrogens (tertiary/aromatic N) is 1. The molecule has 2 rings (SSSR count). The first-order chi connectivity index (χ1) is 9.15. The smallest absolute Gasteiger partial charge is 0.303 e. The Labute approximate surface area is 113 Å². The molecule has 2 fully saturated rings. The Morgan fingerprint density at radius 3 is 2.79 bits per heavy atom. The minimum atomic E-state index is -0.747. The van der Waals surface area contributed by atoms with Crippen molar-refractivity contribution < 1.29 is 19.4 Å². The third-order valence-electron chi connectivity index (χ3n) is 4.06. The summed E-state index contributed by atoms with van der Waals surface area (Å²) in [5.41, 5.74) is 0. The highest BCUT2D eigenvalue weighted by Gasteiger charge is 2.27. The SMILES string of the molecule is O=C(O)CC[C@H]1CCCN(C(=O)C[C@@H]2CCCO2)C1. The number of hydrogen-bond donors (Lipinski definition) is 1. The van der Waals surface area contributed by atoms with Gasteiger partial charge in [-0.15, -0.1) is 0 Å². The highest BCUT2D eigenvalue weighted by molar-refractivity contribution is 5.76. The topological polar surface area (TPSA) is 66.8 Å². The maximum Gasteiger partial charge on any atom is 0.303 e. The van der Waals surface area contributed by atoms with E-state index in [-0.39, 0.29) is 18.4 Å². The molecule has 0 aliphatic carbocycles. The Balaban J connectivity index is 1.75. The van der Waals surface area contributed by atoms with Crippen LogP contribution in [-0.2, 0) is 14.3 Å². The molecule has 0 aromatic rings. The first-order valence-corrected chi connectivity index (χ1v) is 7.26. The van der Waals surface area contributed by atoms with E-state index in [1.807, 2.05) is 4.90 Å². The van der Waals surface area contributed by atoms with Gasteiger partial charge >= 0.3 is 5.97 Å². The van der Waals surface area contributed by atoms with Crippen molar-refractivity contribution in [1.82, 2.24) is 4.90 Å². The highest BCUT2D eigenvalue weighted by atomic mass is 16.5. The van der Waals surface area contributed by atoms with Crippen LogP contribution in [0.15, 0.2) is 0 Å². The lowest BCUT2D eigenvalue weighted by Crippen LogP contribution is -2.41. The van der Waals surface area contributed by atoms with Crippen LogP contribution in [0, 0.1) is 5.92 Å². The zero-order valence-electron chi connectivity index (χ0n) is 11.3. The Morgan fingerprint density at radius 2 is 2.11 bits per heavy atom. The van der Waals surface area contributed by atoms with E-state index in [2.05, 4.69) is 0 Å². The second-order valence-corrected chi connectivity index (χ2v) is 5.62. The van der Waals surface area contributed by atoms with Crippen LogP contribution in [0.2, 0.25) is 0 Å². The van der Waals surface area contributed by atoms with E-state index in [0.717, 1.165) is 45.4 Å². The second-order valence-electron chi connectivity index (χ2n) is 5.62. The maximum atomic E-state index is 12.2. The van der Waals surface area contributed by atoms with Gasteiger partial charge < -0.3 is 14.7 Å². The van der Waals surface area contributed by atoms with Crippen LogP contribution in [0.5, 0.6) is 0 Å². The summed E-state index contributed by atoms with van der Waals surface area (Å²) >= 11 is 0. The number of likely N-dealkylation sites (tertiary alicyclic amines) is 1. The minimum absolute atomic E-state index is 0.104. The summed E-state index contributed by atoms with van der Waals surface area (Å²) < 4.78 is 5.49. The predicted octanol–water partition coefficient (Wildman–Crippen LogP) is 1.66. The summed E-state index contributed by atoms with van der Waals surface area (Å²) in [7, 11) is 0. The fourth-order valence-corrected chi connectivity index (χ4v) is 2.98. The largest absolute Gasteiger partial charge is 0.481 e. The average Bonchev–Trinajstić information content (AvgIpc) is 2.89. The van der Waals surface area contributed by atoms with Gasteiger partial charge in [0.05, 0.1) is 12.5 Å². The number of aliphatic carboxylic acids is 1. The summed E-state index contributed by atoms with van der Waals surface area (Å²) in [4.78, 5) is 24.7. The number of carbonyl (C=O) groups excluding carboxylic acids is 1. The number of carboxylic acids is 1. The molecule has 2 aliphatic heterocycles. The van der Waals surface area contributed by atoms with Gasteiger partial charge in [0.1, 0.15) is 0 Å². The standard InChI is InChI=1S/C14H23NO4/c16-13(9-12-4-2-8-19-12)15-7-1-3-11(10-15)5-6-14(17)18/h11-12H,1-10H2,(H,17,18)/t11-,12+/m1/s1. The van der Waals surface area contributed by atoms with Gasteiger partial charge in [0.25, 0.3) is 0 Å². The molecule has 0 unspecified atom stereocenters. The third kappa shape index (κ3) is 4.49. The number of ether oxygens (including phenoxy) is 1. The molecule has 2 heterocycles. The summed E-state index contributed by atoms with van der Waals surface area (Å²) in [5.74, 6) is -0.229. The molecule has 2 atom stereocenters. The molecule has 19 heavy (non-hydrogen) atoms. The van der Waals surface area contributed by atoms with E-state index in [0.29, 0.717) is 18.8 Å². The van der Waals surface area contributed by atoms with E-state index in [4.69, 9.17) is 9.84 Å². The van der Waals surface area contributed by atoms with Crippen LogP contribution >= 0.6 is 0 Å². The van der Waals surface area contributed by atoms with E-state index >= 15 is 0 Å². The summed E-state index contributed by atoms with van der Waals surface area (Å²) in [5, 5.41) is 8.71. The third-order valence-corrected chi connectivity index (χ3v) is 4.06. The van der Waals surface area contributed by atoms with Crippen molar-refractivity contribution >= 4 is 11.9 Å². The van der Waals surface area contributed by atoms with Gasteiger partial charge in [0.2, 0.25) is 5.91 Å². The van der Waals surface area contributed by atoms with Crippen LogP contribution < -0.4 is 0 Å². The number of amides is 1. The Morgan fingerprint density at radius 1 is 1.26 bits per heavy atom. The molecule has 1 N–H and O–H groups in total. The van der Waals surface area contributed by atoms with Crippen molar-refractivity contribution in [3.8, 4) is 0 Å². The average molecular weight is 269 g/mol. The first kappa shape index (κ1) is 14.3. The molecule has 0 saturated carbocycles. The Kier molecular flexibility index (Phi) is 5.19. The van der Waals surface area contributed by atoms with Crippen LogP contribution in [0.3, 0.4) is 0 Å². The number of carbonyl (C=O) groups is 2. The molecule has 0 aromatic heterocycles. The van der Waals surface area contributed by atoms with Gasteiger partial charge in [-0.3, -0.25) is 9.59 Å². The molecule has 0 bridgehead atoms. The van der Waals surface area contributed by atoms with Crippen LogP contribution in [-0.4, -0.2) is 47.7 Å². The van der Waals surface area contributed by atoms with E-state index in [9.17, 15) is 9.59 Å². The molecule has 0 aromatic carbocycles. The second kappa shape index (κ2) is 6.89. The van der Waals surface area contributed by atoms with E-state index in [1.54, 1.807) is 0 Å². The number of piperidine rings is 1. The molecule has 5 nitrogen and oxygen atoms in total. The van der Waals surface area contributed by atoms with Crippen molar-refractivity contribution in [1.29, 1.82) is 0 Å². The molecule has 108 valence electrons. The maximum absolute atomic E-state index is 12.2. The molecule has 0 spiro atoms. The monoisotopic (exact) mass is 269 g/mol. The van der Waals surface area contributed by atoms with Crippen LogP contribution in [0.4, 0.5) is 0 Å². The van der Waals surface area contributed by atoms with Gasteiger partial charge in [-0.2, -0.15) is 0 Å². The molecule has 2 saturated heterocycles. The van der Waals surface area contributed by atoms with Gasteiger partial charge in [-0.05, 0) is 38.0 Å². The molecule has 1 amide bonds. The summed E-state index contributed by atoms with van der Waals surface area (Å²) in [6, 6.07) is 0. The summed E-state index contributed by atoms with van der Waals surface area (Å²) in [6.45, 7) is 2.31. The van der Waals surface area contributed by atoms with Crippen molar-refractivity contribution in [2.75, 3.05) is 19.7 Å². The van der Waals surface area contributed by atoms with Crippen molar-refractivity contribution in [2.24, 2.45) is 5.92 Å². The number of rotatable bonds is 5. The molecular weight excluding hydrogens is 246 g/mol. The predicted molar refractivity (Wildman–Crippen MR) is 69.8 cm³/mol. The van der Waals surface area contributed by atoms with Crippen molar-refractivity contribution in [2.45, 2.75) is 51.0 Å². The lowest BCUT2D eigenvalue weighted by Gasteiger charge is -2.33. The fraction of sp³-hybridized carbons (Fsp3) is 0.857. The summed E-state index contributed by atoms with van der Waals surface area (Å²) in [6.07, 6.45) is 5.55.